The summed E-state index contributed by atoms with van der Waals surface area (Å²) < 4.78 is 5.84. The number of aryl methyl sites for hydroxylation is 1. The van der Waals surface area contributed by atoms with Gasteiger partial charge in [0.25, 0.3) is 0 Å². The van der Waals surface area contributed by atoms with Crippen molar-refractivity contribution in [3.8, 4) is 6.07 Å². The average molecular weight is 257 g/mol. The second kappa shape index (κ2) is 4.06. The zero-order valence-electron chi connectivity index (χ0n) is 11.4. The van der Waals surface area contributed by atoms with Crippen LogP contribution in [0.15, 0.2) is 24.3 Å². The van der Waals surface area contributed by atoms with Crippen LogP contribution in [0.1, 0.15) is 37.3 Å². The van der Waals surface area contributed by atoms with Gasteiger partial charge in [0.05, 0.1) is 18.3 Å². The van der Waals surface area contributed by atoms with Crippen molar-refractivity contribution >= 4 is 0 Å². The second-order valence-electron chi connectivity index (χ2n) is 6.00. The molecule has 1 N–H and O–H groups in total. The van der Waals surface area contributed by atoms with E-state index in [0.717, 1.165) is 24.0 Å². The molecule has 2 aliphatic rings. The summed E-state index contributed by atoms with van der Waals surface area (Å²) in [5.41, 5.74) is -0.132. The van der Waals surface area contributed by atoms with E-state index in [1.165, 1.54) is 0 Å². The Kier molecular flexibility index (Phi) is 2.70. The number of nitrogens with zero attached hydrogens (tertiary/aromatic N) is 1. The fourth-order valence-electron chi connectivity index (χ4n) is 3.81. The van der Waals surface area contributed by atoms with Gasteiger partial charge in [-0.15, -0.1) is 0 Å². The van der Waals surface area contributed by atoms with Crippen LogP contribution in [0.25, 0.3) is 0 Å². The van der Waals surface area contributed by atoms with Crippen molar-refractivity contribution in [2.45, 2.75) is 50.9 Å². The van der Waals surface area contributed by atoms with Crippen LogP contribution in [0.2, 0.25) is 0 Å². The van der Waals surface area contributed by atoms with Crippen LogP contribution >= 0.6 is 0 Å². The van der Waals surface area contributed by atoms with Crippen LogP contribution in [-0.4, -0.2) is 17.3 Å². The van der Waals surface area contributed by atoms with Crippen molar-refractivity contribution in [3.05, 3.63) is 35.4 Å². The van der Waals surface area contributed by atoms with E-state index in [1.54, 1.807) is 6.92 Å². The molecule has 1 aromatic carbocycles. The highest BCUT2D eigenvalue weighted by molar-refractivity contribution is 5.37. The van der Waals surface area contributed by atoms with Gasteiger partial charge in [-0.25, -0.2) is 0 Å². The molecule has 4 atom stereocenters. The topological polar surface area (TPSA) is 53.2 Å². The van der Waals surface area contributed by atoms with Crippen molar-refractivity contribution in [3.63, 3.8) is 0 Å². The number of nitriles is 1. The van der Waals surface area contributed by atoms with Crippen LogP contribution in [0, 0.1) is 23.7 Å². The van der Waals surface area contributed by atoms with Crippen LogP contribution in [0.5, 0.6) is 0 Å². The van der Waals surface area contributed by atoms with Gasteiger partial charge < -0.3 is 9.84 Å². The van der Waals surface area contributed by atoms with E-state index in [9.17, 15) is 10.4 Å². The monoisotopic (exact) mass is 257 g/mol. The fraction of sp³-hybridized carbons (Fsp3) is 0.562. The Morgan fingerprint density at radius 2 is 2.16 bits per heavy atom. The first-order valence-corrected chi connectivity index (χ1v) is 6.86. The Hall–Kier alpha value is -1.37. The molecule has 1 aromatic rings. The molecule has 2 bridgehead atoms. The fourth-order valence-corrected chi connectivity index (χ4v) is 3.81. The van der Waals surface area contributed by atoms with Gasteiger partial charge >= 0.3 is 0 Å². The molecule has 4 unspecified atom stereocenters. The number of hydrogen-bond acceptors (Lipinski definition) is 3. The molecule has 0 amide bonds. The molecule has 2 saturated heterocycles. The van der Waals surface area contributed by atoms with Gasteiger partial charge in [-0.1, -0.05) is 24.3 Å². The minimum atomic E-state index is -1.17. The molecule has 0 saturated carbocycles. The molecular formula is C16H19NO2. The number of hydrogen-bond donors (Lipinski definition) is 1. The molecule has 2 aliphatic heterocycles. The minimum absolute atomic E-state index is 0.139. The summed E-state index contributed by atoms with van der Waals surface area (Å²) in [5.74, 6) is 0. The lowest BCUT2D eigenvalue weighted by Gasteiger charge is -2.42. The second-order valence-corrected chi connectivity index (χ2v) is 6.00. The Morgan fingerprint density at radius 3 is 2.68 bits per heavy atom. The summed E-state index contributed by atoms with van der Waals surface area (Å²) in [4.78, 5) is 0. The summed E-state index contributed by atoms with van der Waals surface area (Å²) in [5, 5.41) is 20.9. The Bertz CT molecular complexity index is 546. The molecule has 19 heavy (non-hydrogen) atoms. The van der Waals surface area contributed by atoms with Crippen LogP contribution in [-0.2, 0) is 10.3 Å². The van der Waals surface area contributed by atoms with Crippen LogP contribution in [0.3, 0.4) is 0 Å². The highest BCUT2D eigenvalue weighted by atomic mass is 16.5. The quantitative estimate of drug-likeness (QED) is 0.886. The Morgan fingerprint density at radius 1 is 1.42 bits per heavy atom. The van der Waals surface area contributed by atoms with Crippen molar-refractivity contribution in [1.29, 1.82) is 5.26 Å². The highest BCUT2D eigenvalue weighted by Gasteiger charge is 2.62. The first kappa shape index (κ1) is 12.7. The van der Waals surface area contributed by atoms with Crippen LogP contribution < -0.4 is 0 Å². The summed E-state index contributed by atoms with van der Waals surface area (Å²) in [6, 6.07) is 10.2. The molecular weight excluding hydrogens is 238 g/mol. The Balaban J connectivity index is 2.09. The molecule has 3 heteroatoms. The molecule has 0 radical (unpaired) electrons. The predicted octanol–water partition coefficient (Wildman–Crippen LogP) is 2.66. The smallest absolute Gasteiger partial charge is 0.118 e. The molecule has 2 heterocycles. The van der Waals surface area contributed by atoms with E-state index in [-0.39, 0.29) is 12.2 Å². The third kappa shape index (κ3) is 1.57. The standard InChI is InChI=1S/C16H19NO2/c1-11-5-3-4-6-13(11)15(2,18)16(10-17)9-12-7-8-14(16)19-12/h3-6,12,14,18H,7-9H2,1-2H3. The lowest BCUT2D eigenvalue weighted by Crippen LogP contribution is -2.49. The van der Waals surface area contributed by atoms with Gasteiger partial charge in [0.15, 0.2) is 0 Å². The number of ether oxygens (including phenoxy) is 1. The number of fused-ring (bicyclic) bond motifs is 2. The van der Waals surface area contributed by atoms with Crippen molar-refractivity contribution in [1.82, 2.24) is 0 Å². The maximum absolute atomic E-state index is 11.1. The van der Waals surface area contributed by atoms with E-state index in [4.69, 9.17) is 4.74 Å². The highest BCUT2D eigenvalue weighted by Crippen LogP contribution is 2.56. The van der Waals surface area contributed by atoms with Gasteiger partial charge in [-0.2, -0.15) is 5.26 Å². The van der Waals surface area contributed by atoms with Crippen molar-refractivity contribution in [2.75, 3.05) is 0 Å². The SMILES string of the molecule is Cc1ccccc1C(C)(O)C1(C#N)CC2CCC1O2. The van der Waals surface area contributed by atoms with E-state index >= 15 is 0 Å². The molecule has 100 valence electrons. The minimum Gasteiger partial charge on any atom is -0.384 e. The van der Waals surface area contributed by atoms with Gasteiger partial charge in [0, 0.05) is 0 Å². The van der Waals surface area contributed by atoms with Gasteiger partial charge in [-0.05, 0) is 44.2 Å². The summed E-state index contributed by atoms with van der Waals surface area (Å²) in [6.45, 7) is 3.74. The lowest BCUT2D eigenvalue weighted by molar-refractivity contribution is -0.0777. The largest absolute Gasteiger partial charge is 0.384 e. The summed E-state index contributed by atoms with van der Waals surface area (Å²) in [7, 11) is 0. The predicted molar refractivity (Wildman–Crippen MR) is 71.3 cm³/mol. The van der Waals surface area contributed by atoms with Crippen molar-refractivity contribution in [2.24, 2.45) is 5.41 Å². The van der Waals surface area contributed by atoms with Gasteiger partial charge in [0.2, 0.25) is 0 Å². The molecule has 3 rings (SSSR count). The third-order valence-electron chi connectivity index (χ3n) is 4.94. The van der Waals surface area contributed by atoms with Gasteiger partial charge in [-0.3, -0.25) is 0 Å². The van der Waals surface area contributed by atoms with E-state index in [1.807, 2.05) is 31.2 Å². The Labute approximate surface area is 113 Å². The van der Waals surface area contributed by atoms with E-state index in [0.29, 0.717) is 6.42 Å². The van der Waals surface area contributed by atoms with Crippen LogP contribution in [0.4, 0.5) is 0 Å². The summed E-state index contributed by atoms with van der Waals surface area (Å²) in [6.07, 6.45) is 2.52. The number of rotatable bonds is 2. The maximum Gasteiger partial charge on any atom is 0.118 e. The summed E-state index contributed by atoms with van der Waals surface area (Å²) >= 11 is 0. The molecule has 2 fully saturated rings. The van der Waals surface area contributed by atoms with E-state index in [2.05, 4.69) is 6.07 Å². The first-order valence-electron chi connectivity index (χ1n) is 6.86. The molecule has 0 aromatic heterocycles. The average Bonchev–Trinajstić information content (AvgIpc) is 2.99. The van der Waals surface area contributed by atoms with E-state index < -0.39 is 11.0 Å². The normalized spacial score (nSPS) is 35.9. The van der Waals surface area contributed by atoms with Crippen molar-refractivity contribution < 1.29 is 9.84 Å². The number of aliphatic hydroxyl groups is 1. The molecule has 3 nitrogen and oxygen atoms in total. The third-order valence-corrected chi connectivity index (χ3v) is 4.94. The lowest BCUT2D eigenvalue weighted by atomic mass is 9.62. The molecule has 0 aliphatic carbocycles. The first-order chi connectivity index (χ1) is 9.01. The maximum atomic E-state index is 11.1. The zero-order valence-corrected chi connectivity index (χ0v) is 11.4. The van der Waals surface area contributed by atoms with Gasteiger partial charge in [0.1, 0.15) is 11.0 Å². The zero-order chi connectivity index (χ0) is 13.7. The molecule has 0 spiro atoms. The number of benzene rings is 1.